The molecule has 1 amide bonds. The molecule has 0 atom stereocenters. The summed E-state index contributed by atoms with van der Waals surface area (Å²) in [5.74, 6) is -0.983. The molecule has 11 heteroatoms. The van der Waals surface area contributed by atoms with Crippen LogP contribution in [-0.4, -0.2) is 62.6 Å². The molecule has 0 radical (unpaired) electrons. The van der Waals surface area contributed by atoms with Crippen LogP contribution in [-0.2, 0) is 26.0 Å². The average Bonchev–Trinajstić information content (AvgIpc) is 3.24. The molecule has 0 saturated carbocycles. The monoisotopic (exact) mass is 543 g/mol. The summed E-state index contributed by atoms with van der Waals surface area (Å²) in [6.07, 6.45) is 3.00. The molecule has 0 spiro atoms. The van der Waals surface area contributed by atoms with Crippen molar-refractivity contribution in [1.29, 1.82) is 0 Å². The molecule has 0 saturated heterocycles. The van der Waals surface area contributed by atoms with Crippen molar-refractivity contribution >= 4 is 43.5 Å². The Balaban J connectivity index is 1.98. The molecule has 0 aliphatic carbocycles. The first-order valence-corrected chi connectivity index (χ1v) is 13.7. The van der Waals surface area contributed by atoms with Crippen molar-refractivity contribution in [3.63, 3.8) is 0 Å². The van der Waals surface area contributed by atoms with E-state index < -0.39 is 21.9 Å². The molecule has 0 N–H and O–H groups in total. The summed E-state index contributed by atoms with van der Waals surface area (Å²) < 4.78 is 40.0. The lowest BCUT2D eigenvalue weighted by Crippen LogP contribution is -2.31. The van der Waals surface area contributed by atoms with Gasteiger partial charge in [0.15, 0.2) is 4.80 Å². The largest absolute Gasteiger partial charge is 0.465 e. The summed E-state index contributed by atoms with van der Waals surface area (Å²) in [6, 6.07) is 10.8. The highest BCUT2D eigenvalue weighted by atomic mass is 32.2. The standard InChI is InChI=1S/C26H29N3O6S2/c1-5-14-28(15-6-2)37(32,33)21-11-8-19(9-12-21)24(30)27-26-29(16-17-35-7-3)22-13-10-20(25(31)34-4)18-23(22)36-26/h5-6,8-13,18H,1-2,7,14-17H2,3-4H3. The maximum Gasteiger partial charge on any atom is 0.337 e. The zero-order valence-corrected chi connectivity index (χ0v) is 22.4. The molecule has 37 heavy (non-hydrogen) atoms. The first-order valence-electron chi connectivity index (χ1n) is 11.5. The van der Waals surface area contributed by atoms with Gasteiger partial charge in [-0.2, -0.15) is 9.30 Å². The number of sulfonamides is 1. The van der Waals surface area contributed by atoms with Crippen LogP contribution >= 0.6 is 11.3 Å². The van der Waals surface area contributed by atoms with Gasteiger partial charge in [0.1, 0.15) is 0 Å². The van der Waals surface area contributed by atoms with Gasteiger partial charge in [0.25, 0.3) is 5.91 Å². The number of carbonyl (C=O) groups is 2. The number of hydrogen-bond acceptors (Lipinski definition) is 7. The van der Waals surface area contributed by atoms with Crippen molar-refractivity contribution in [3.8, 4) is 0 Å². The number of amides is 1. The van der Waals surface area contributed by atoms with Crippen LogP contribution in [0.15, 0.2) is 77.7 Å². The third-order valence-corrected chi connectivity index (χ3v) is 8.26. The third-order valence-electron chi connectivity index (χ3n) is 5.37. The highest BCUT2D eigenvalue weighted by Gasteiger charge is 2.22. The molecule has 0 fully saturated rings. The van der Waals surface area contributed by atoms with Gasteiger partial charge in [-0.15, -0.1) is 13.2 Å². The maximum atomic E-state index is 13.0. The first kappa shape index (κ1) is 28.2. The predicted octanol–water partition coefficient (Wildman–Crippen LogP) is 3.63. The van der Waals surface area contributed by atoms with Crippen LogP contribution in [0.25, 0.3) is 10.2 Å². The molecule has 1 heterocycles. The summed E-state index contributed by atoms with van der Waals surface area (Å²) in [7, 11) is -2.47. The number of methoxy groups -OCH3 is 1. The van der Waals surface area contributed by atoms with Crippen molar-refractivity contribution in [2.75, 3.05) is 33.4 Å². The lowest BCUT2D eigenvalue weighted by molar-refractivity contribution is 0.0600. The van der Waals surface area contributed by atoms with Crippen molar-refractivity contribution in [1.82, 2.24) is 8.87 Å². The molecule has 0 bridgehead atoms. The zero-order chi connectivity index (χ0) is 27.0. The zero-order valence-electron chi connectivity index (χ0n) is 20.8. The van der Waals surface area contributed by atoms with Crippen LogP contribution in [0.5, 0.6) is 0 Å². The summed E-state index contributed by atoms with van der Waals surface area (Å²) in [4.78, 5) is 29.8. The predicted molar refractivity (Wildman–Crippen MR) is 143 cm³/mol. The quantitative estimate of drug-likeness (QED) is 0.196. The molecule has 1 aromatic heterocycles. The molecule has 0 aliphatic heterocycles. The van der Waals surface area contributed by atoms with Gasteiger partial charge in [0.2, 0.25) is 10.0 Å². The minimum atomic E-state index is -3.78. The van der Waals surface area contributed by atoms with Gasteiger partial charge in [-0.05, 0) is 49.4 Å². The van der Waals surface area contributed by atoms with E-state index in [1.807, 2.05) is 11.5 Å². The van der Waals surface area contributed by atoms with E-state index in [2.05, 4.69) is 18.2 Å². The van der Waals surface area contributed by atoms with E-state index in [-0.39, 0.29) is 23.5 Å². The van der Waals surface area contributed by atoms with E-state index in [0.717, 1.165) is 10.2 Å². The molecule has 3 rings (SSSR count). The van der Waals surface area contributed by atoms with Crippen molar-refractivity contribution in [2.24, 2.45) is 4.99 Å². The second-order valence-electron chi connectivity index (χ2n) is 7.75. The minimum absolute atomic E-state index is 0.0525. The molecular weight excluding hydrogens is 514 g/mol. The van der Waals surface area contributed by atoms with Gasteiger partial charge in [-0.3, -0.25) is 4.79 Å². The SMILES string of the molecule is C=CCN(CC=C)S(=O)(=O)c1ccc(C(=O)N=c2sc3cc(C(=O)OC)ccc3n2CCOCC)cc1. The number of fused-ring (bicyclic) bond motifs is 1. The Morgan fingerprint density at radius 1 is 1.08 bits per heavy atom. The third kappa shape index (κ3) is 6.50. The maximum absolute atomic E-state index is 13.0. The van der Waals surface area contributed by atoms with Crippen molar-refractivity contribution in [3.05, 3.63) is 83.7 Å². The van der Waals surface area contributed by atoms with E-state index in [9.17, 15) is 18.0 Å². The van der Waals surface area contributed by atoms with Crippen LogP contribution < -0.4 is 4.80 Å². The van der Waals surface area contributed by atoms with Gasteiger partial charge in [0.05, 0.1) is 34.4 Å². The number of esters is 1. The van der Waals surface area contributed by atoms with E-state index in [0.29, 0.717) is 30.1 Å². The molecule has 3 aromatic rings. The molecule has 2 aromatic carbocycles. The molecule has 0 unspecified atom stereocenters. The van der Waals surface area contributed by atoms with Crippen LogP contribution in [0.2, 0.25) is 0 Å². The average molecular weight is 544 g/mol. The lowest BCUT2D eigenvalue weighted by Gasteiger charge is -2.19. The number of thiazole rings is 1. The Bertz CT molecular complexity index is 1460. The fraction of sp³-hybridized carbons (Fsp3) is 0.269. The number of hydrogen-bond donors (Lipinski definition) is 0. The highest BCUT2D eigenvalue weighted by molar-refractivity contribution is 7.89. The Morgan fingerprint density at radius 3 is 2.32 bits per heavy atom. The fourth-order valence-electron chi connectivity index (χ4n) is 3.55. The van der Waals surface area contributed by atoms with Crippen LogP contribution in [0.3, 0.4) is 0 Å². The van der Waals surface area contributed by atoms with Crippen LogP contribution in [0.4, 0.5) is 0 Å². The number of ether oxygens (including phenoxy) is 2. The van der Waals surface area contributed by atoms with Gasteiger partial charge in [0, 0.05) is 31.8 Å². The van der Waals surface area contributed by atoms with Crippen molar-refractivity contribution in [2.45, 2.75) is 18.4 Å². The van der Waals surface area contributed by atoms with Crippen LogP contribution in [0.1, 0.15) is 27.6 Å². The highest BCUT2D eigenvalue weighted by Crippen LogP contribution is 2.21. The first-order chi connectivity index (χ1) is 17.8. The number of aromatic nitrogens is 1. The van der Waals surface area contributed by atoms with E-state index >= 15 is 0 Å². The summed E-state index contributed by atoms with van der Waals surface area (Å²) in [5, 5.41) is 0. The second kappa shape index (κ2) is 12.7. The smallest absolute Gasteiger partial charge is 0.337 e. The van der Waals surface area contributed by atoms with Gasteiger partial charge in [-0.1, -0.05) is 23.5 Å². The van der Waals surface area contributed by atoms with Crippen molar-refractivity contribution < 1.29 is 27.5 Å². The van der Waals surface area contributed by atoms with E-state index in [1.165, 1.54) is 59.2 Å². The summed E-state index contributed by atoms with van der Waals surface area (Å²) in [6.45, 7) is 10.8. The Kier molecular flexibility index (Phi) is 9.70. The molecule has 9 nitrogen and oxygen atoms in total. The van der Waals surface area contributed by atoms with Gasteiger partial charge < -0.3 is 14.0 Å². The molecule has 196 valence electrons. The normalized spacial score (nSPS) is 12.1. The number of benzene rings is 2. The van der Waals surface area contributed by atoms with Gasteiger partial charge in [-0.25, -0.2) is 13.2 Å². The number of rotatable bonds is 12. The number of nitrogens with zero attached hydrogens (tertiary/aromatic N) is 3. The Morgan fingerprint density at radius 2 is 1.73 bits per heavy atom. The van der Waals surface area contributed by atoms with Crippen LogP contribution in [0, 0.1) is 0 Å². The molecular formula is C26H29N3O6S2. The van der Waals surface area contributed by atoms with Gasteiger partial charge >= 0.3 is 5.97 Å². The summed E-state index contributed by atoms with van der Waals surface area (Å²) in [5.41, 5.74) is 1.43. The Labute approximate surface area is 220 Å². The Hall–Kier alpha value is -3.38. The molecule has 0 aliphatic rings. The van der Waals surface area contributed by atoms with E-state index in [4.69, 9.17) is 9.47 Å². The second-order valence-corrected chi connectivity index (χ2v) is 10.7. The topological polar surface area (TPSA) is 107 Å². The fourth-order valence-corrected chi connectivity index (χ4v) is 6.02. The summed E-state index contributed by atoms with van der Waals surface area (Å²) >= 11 is 1.26. The number of carbonyl (C=O) groups excluding carboxylic acids is 2. The minimum Gasteiger partial charge on any atom is -0.465 e. The van der Waals surface area contributed by atoms with E-state index in [1.54, 1.807) is 18.2 Å². The lowest BCUT2D eigenvalue weighted by atomic mass is 10.2.